The molecule has 1 aliphatic rings. The summed E-state index contributed by atoms with van der Waals surface area (Å²) in [6.45, 7) is 0. The quantitative estimate of drug-likeness (QED) is 0.660. The monoisotopic (exact) mass is 338 g/mol. The number of aromatic nitrogens is 1. The molecule has 122 valence electrons. The fourth-order valence-electron chi connectivity index (χ4n) is 2.25. The summed E-state index contributed by atoms with van der Waals surface area (Å²) in [6, 6.07) is 7.70. The molecule has 0 fully saturated rings. The van der Waals surface area contributed by atoms with Crippen molar-refractivity contribution in [3.05, 3.63) is 66.1 Å². The van der Waals surface area contributed by atoms with Crippen molar-refractivity contribution in [1.29, 1.82) is 0 Å². The van der Waals surface area contributed by atoms with Crippen molar-refractivity contribution in [3.8, 4) is 17.0 Å². The van der Waals surface area contributed by atoms with Crippen LogP contribution < -0.4 is 15.8 Å². The SMILES string of the molecule is COc1ccccc1-c1csc(NC(N)=NC2C=CC=CC=C2)n1. The smallest absolute Gasteiger partial charge is 0.195 e. The Morgan fingerprint density at radius 1 is 1.21 bits per heavy atom. The molecule has 24 heavy (non-hydrogen) atoms. The molecule has 0 saturated heterocycles. The van der Waals surface area contributed by atoms with E-state index in [4.69, 9.17) is 10.5 Å². The van der Waals surface area contributed by atoms with E-state index < -0.39 is 0 Å². The standard InChI is InChI=1S/C18H18N4OS/c1-23-16-11-7-6-10-14(16)15-12-24-18(21-15)22-17(19)20-13-8-4-2-3-5-9-13/h2-13H,1H3,(H3,19,20,21,22). The van der Waals surface area contributed by atoms with Crippen LogP contribution in [0.1, 0.15) is 0 Å². The topological polar surface area (TPSA) is 72.5 Å². The largest absolute Gasteiger partial charge is 0.496 e. The predicted octanol–water partition coefficient (Wildman–Crippen LogP) is 3.60. The third-order valence-corrected chi connectivity index (χ3v) is 4.12. The van der Waals surface area contributed by atoms with E-state index in [9.17, 15) is 0 Å². The van der Waals surface area contributed by atoms with Crippen LogP contribution in [0, 0.1) is 0 Å². The predicted molar refractivity (Wildman–Crippen MR) is 101 cm³/mol. The van der Waals surface area contributed by atoms with Gasteiger partial charge in [0.25, 0.3) is 0 Å². The van der Waals surface area contributed by atoms with Crippen molar-refractivity contribution >= 4 is 22.4 Å². The lowest BCUT2D eigenvalue weighted by atomic mass is 10.1. The van der Waals surface area contributed by atoms with Crippen LogP contribution in [0.5, 0.6) is 5.75 Å². The number of hydrogen-bond donors (Lipinski definition) is 2. The summed E-state index contributed by atoms with van der Waals surface area (Å²) in [5.74, 6) is 1.12. The van der Waals surface area contributed by atoms with Gasteiger partial charge in [0.15, 0.2) is 11.1 Å². The molecular weight excluding hydrogens is 320 g/mol. The van der Waals surface area contributed by atoms with Crippen LogP contribution in [0.25, 0.3) is 11.3 Å². The molecule has 3 N–H and O–H groups in total. The van der Waals surface area contributed by atoms with Gasteiger partial charge in [0.2, 0.25) is 0 Å². The number of rotatable bonds is 4. The maximum Gasteiger partial charge on any atom is 0.195 e. The van der Waals surface area contributed by atoms with Crippen molar-refractivity contribution in [2.45, 2.75) is 6.04 Å². The molecule has 0 bridgehead atoms. The van der Waals surface area contributed by atoms with Gasteiger partial charge in [-0.15, -0.1) is 11.3 Å². The molecule has 0 saturated carbocycles. The van der Waals surface area contributed by atoms with Gasteiger partial charge >= 0.3 is 0 Å². The number of anilines is 1. The van der Waals surface area contributed by atoms with Crippen LogP contribution in [-0.2, 0) is 0 Å². The lowest BCUT2D eigenvalue weighted by Crippen LogP contribution is -2.24. The van der Waals surface area contributed by atoms with Gasteiger partial charge in [0.05, 0.1) is 18.8 Å². The molecule has 6 heteroatoms. The van der Waals surface area contributed by atoms with Crippen molar-refractivity contribution < 1.29 is 4.74 Å². The zero-order chi connectivity index (χ0) is 16.8. The Hall–Kier alpha value is -2.86. The van der Waals surface area contributed by atoms with E-state index in [1.807, 2.05) is 66.1 Å². The summed E-state index contributed by atoms with van der Waals surface area (Å²) in [5, 5.41) is 5.70. The van der Waals surface area contributed by atoms with Gasteiger partial charge in [-0.1, -0.05) is 48.6 Å². The summed E-state index contributed by atoms with van der Waals surface area (Å²) in [5.41, 5.74) is 7.77. The van der Waals surface area contributed by atoms with E-state index in [0.717, 1.165) is 17.0 Å². The molecule has 0 aliphatic heterocycles. The number of nitrogens with two attached hydrogens (primary N) is 1. The first-order valence-corrected chi connectivity index (χ1v) is 8.35. The zero-order valence-corrected chi connectivity index (χ0v) is 14.0. The molecule has 3 rings (SSSR count). The summed E-state index contributed by atoms with van der Waals surface area (Å²) in [4.78, 5) is 8.98. The van der Waals surface area contributed by atoms with E-state index >= 15 is 0 Å². The Morgan fingerprint density at radius 3 is 2.71 bits per heavy atom. The van der Waals surface area contributed by atoms with E-state index in [2.05, 4.69) is 15.3 Å². The molecule has 0 unspecified atom stereocenters. The fourth-order valence-corrected chi connectivity index (χ4v) is 2.97. The molecular formula is C18H18N4OS. The van der Waals surface area contributed by atoms with E-state index in [1.54, 1.807) is 7.11 Å². The molecule has 1 aromatic carbocycles. The van der Waals surface area contributed by atoms with E-state index in [0.29, 0.717) is 11.1 Å². The van der Waals surface area contributed by atoms with Crippen LogP contribution in [0.4, 0.5) is 5.13 Å². The van der Waals surface area contributed by atoms with Crippen LogP contribution >= 0.6 is 11.3 Å². The molecule has 0 amide bonds. The Bertz CT molecular complexity index is 804. The summed E-state index contributed by atoms with van der Waals surface area (Å²) < 4.78 is 5.38. The minimum Gasteiger partial charge on any atom is -0.496 e. The number of aliphatic imine (C=N–C) groups is 1. The number of para-hydroxylation sites is 1. The van der Waals surface area contributed by atoms with Crippen LogP contribution in [0.2, 0.25) is 0 Å². The average molecular weight is 338 g/mol. The third-order valence-electron chi connectivity index (χ3n) is 3.36. The van der Waals surface area contributed by atoms with Crippen LogP contribution in [0.3, 0.4) is 0 Å². The molecule has 5 nitrogen and oxygen atoms in total. The van der Waals surface area contributed by atoms with Gasteiger partial charge in [-0.3, -0.25) is 0 Å². The summed E-state index contributed by atoms with van der Waals surface area (Å²) in [7, 11) is 1.65. The number of ether oxygens (including phenoxy) is 1. The first kappa shape index (κ1) is 16.0. The lowest BCUT2D eigenvalue weighted by Gasteiger charge is -2.06. The first-order valence-electron chi connectivity index (χ1n) is 7.47. The molecule has 1 aliphatic carbocycles. The molecule has 0 radical (unpaired) electrons. The molecule has 2 aromatic rings. The second-order valence-corrected chi connectivity index (χ2v) is 5.88. The van der Waals surface area contributed by atoms with E-state index in [-0.39, 0.29) is 6.04 Å². The van der Waals surface area contributed by atoms with Gasteiger partial charge in [0, 0.05) is 10.9 Å². The Kier molecular flexibility index (Phi) is 5.08. The highest BCUT2D eigenvalue weighted by Crippen LogP contribution is 2.31. The van der Waals surface area contributed by atoms with Gasteiger partial charge in [-0.2, -0.15) is 0 Å². The van der Waals surface area contributed by atoms with Crippen molar-refractivity contribution in [2.24, 2.45) is 10.7 Å². The number of allylic oxidation sites excluding steroid dienone is 4. The lowest BCUT2D eigenvalue weighted by molar-refractivity contribution is 0.416. The first-order chi connectivity index (χ1) is 11.8. The minimum atomic E-state index is -0.0823. The van der Waals surface area contributed by atoms with Gasteiger partial charge in [-0.25, -0.2) is 9.98 Å². The second-order valence-electron chi connectivity index (χ2n) is 5.02. The van der Waals surface area contributed by atoms with Crippen molar-refractivity contribution in [1.82, 2.24) is 4.98 Å². The maximum absolute atomic E-state index is 5.98. The van der Waals surface area contributed by atoms with Gasteiger partial charge in [-0.05, 0) is 12.1 Å². The number of hydrogen-bond acceptors (Lipinski definition) is 4. The Labute approximate surface area is 144 Å². The molecule has 1 heterocycles. The number of thiazole rings is 1. The molecule has 0 atom stereocenters. The summed E-state index contributed by atoms with van der Waals surface area (Å²) >= 11 is 1.47. The van der Waals surface area contributed by atoms with Crippen molar-refractivity contribution in [2.75, 3.05) is 12.4 Å². The van der Waals surface area contributed by atoms with Gasteiger partial charge in [0.1, 0.15) is 5.75 Å². The fraction of sp³-hybridized carbons (Fsp3) is 0.111. The average Bonchev–Trinajstić information content (AvgIpc) is 2.90. The van der Waals surface area contributed by atoms with Crippen LogP contribution in [-0.4, -0.2) is 24.1 Å². The number of guanidine groups is 1. The minimum absolute atomic E-state index is 0.0823. The van der Waals surface area contributed by atoms with Crippen LogP contribution in [0.15, 0.2) is 71.1 Å². The second kappa shape index (κ2) is 7.61. The normalized spacial score (nSPS) is 14.6. The number of benzene rings is 1. The highest BCUT2D eigenvalue weighted by Gasteiger charge is 2.10. The highest BCUT2D eigenvalue weighted by molar-refractivity contribution is 7.14. The Morgan fingerprint density at radius 2 is 1.96 bits per heavy atom. The van der Waals surface area contributed by atoms with Gasteiger partial charge < -0.3 is 15.8 Å². The highest BCUT2D eigenvalue weighted by atomic mass is 32.1. The van der Waals surface area contributed by atoms with Crippen molar-refractivity contribution in [3.63, 3.8) is 0 Å². The molecule has 1 aromatic heterocycles. The molecule has 0 spiro atoms. The number of nitrogens with zero attached hydrogens (tertiary/aromatic N) is 2. The zero-order valence-electron chi connectivity index (χ0n) is 13.2. The Balaban J connectivity index is 1.74. The number of nitrogens with one attached hydrogen (secondary N) is 1. The summed E-state index contributed by atoms with van der Waals surface area (Å²) in [6.07, 6.45) is 11.7. The van der Waals surface area contributed by atoms with E-state index in [1.165, 1.54) is 11.3 Å². The third kappa shape index (κ3) is 3.91. The number of methoxy groups -OCH3 is 1. The maximum atomic E-state index is 5.98.